The summed E-state index contributed by atoms with van der Waals surface area (Å²) >= 11 is 0. The van der Waals surface area contributed by atoms with Crippen LogP contribution in [0.15, 0.2) is 0 Å². The van der Waals surface area contributed by atoms with E-state index >= 15 is 0 Å². The molecular formula is C13H24N6O2. The van der Waals surface area contributed by atoms with Gasteiger partial charge in [0.25, 0.3) is 0 Å². The van der Waals surface area contributed by atoms with Crippen molar-refractivity contribution in [2.45, 2.75) is 19.9 Å². The van der Waals surface area contributed by atoms with Crippen LogP contribution in [0.25, 0.3) is 0 Å². The molecule has 0 radical (unpaired) electrons. The van der Waals surface area contributed by atoms with Crippen LogP contribution in [0.1, 0.15) is 13.8 Å². The van der Waals surface area contributed by atoms with Crippen LogP contribution in [0.3, 0.4) is 0 Å². The zero-order chi connectivity index (χ0) is 15.1. The molecule has 1 aromatic heterocycles. The Morgan fingerprint density at radius 2 is 1.95 bits per heavy atom. The van der Waals surface area contributed by atoms with Gasteiger partial charge in [-0.3, -0.25) is 4.90 Å². The maximum Gasteiger partial charge on any atom is 0.323 e. The van der Waals surface area contributed by atoms with Gasteiger partial charge in [0.05, 0.1) is 19.8 Å². The van der Waals surface area contributed by atoms with Gasteiger partial charge in [0, 0.05) is 32.7 Å². The van der Waals surface area contributed by atoms with Gasteiger partial charge in [-0.05, 0) is 13.8 Å². The minimum Gasteiger partial charge on any atom is -0.464 e. The minimum atomic E-state index is 0.227. The van der Waals surface area contributed by atoms with Gasteiger partial charge in [-0.2, -0.15) is 15.0 Å². The average molecular weight is 296 g/mol. The summed E-state index contributed by atoms with van der Waals surface area (Å²) in [6.45, 7) is 9.00. The number of morpholine rings is 1. The molecular weight excluding hydrogens is 272 g/mol. The summed E-state index contributed by atoms with van der Waals surface area (Å²) in [6.07, 6.45) is 0. The van der Waals surface area contributed by atoms with Crippen molar-refractivity contribution in [2.24, 2.45) is 0 Å². The predicted octanol–water partition coefficient (Wildman–Crippen LogP) is 0.445. The molecule has 1 aliphatic rings. The summed E-state index contributed by atoms with van der Waals surface area (Å²) in [6, 6.07) is 0.558. The Bertz CT molecular complexity index is 439. The fraction of sp³-hybridized carbons (Fsp3) is 0.769. The first kappa shape index (κ1) is 15.7. The minimum absolute atomic E-state index is 0.227. The molecule has 1 aliphatic heterocycles. The normalized spacial score (nSPS) is 17.3. The summed E-state index contributed by atoms with van der Waals surface area (Å²) in [5, 5.41) is 6.21. The van der Waals surface area contributed by atoms with Crippen molar-refractivity contribution in [2.75, 3.05) is 57.1 Å². The molecule has 8 nitrogen and oxygen atoms in total. The number of aromatic nitrogens is 3. The summed E-state index contributed by atoms with van der Waals surface area (Å²) in [5.41, 5.74) is 0. The van der Waals surface area contributed by atoms with E-state index in [1.165, 1.54) is 0 Å². The molecule has 1 atom stereocenters. The first-order valence-electron chi connectivity index (χ1n) is 7.34. The number of nitrogens with zero attached hydrogens (tertiary/aromatic N) is 4. The van der Waals surface area contributed by atoms with Gasteiger partial charge >= 0.3 is 6.01 Å². The second-order valence-electron chi connectivity index (χ2n) is 4.91. The Morgan fingerprint density at radius 3 is 2.62 bits per heavy atom. The van der Waals surface area contributed by atoms with Gasteiger partial charge in [0.15, 0.2) is 0 Å². The van der Waals surface area contributed by atoms with Crippen LogP contribution < -0.4 is 15.4 Å². The van der Waals surface area contributed by atoms with Crippen LogP contribution in [0.5, 0.6) is 6.01 Å². The largest absolute Gasteiger partial charge is 0.464 e. The fourth-order valence-electron chi connectivity index (χ4n) is 2.16. The molecule has 0 aliphatic carbocycles. The molecule has 1 unspecified atom stereocenters. The SMILES string of the molecule is CCOc1nc(NC)nc(NC(C)CN2CCOCC2)n1. The van der Waals surface area contributed by atoms with Crippen molar-refractivity contribution >= 4 is 11.9 Å². The molecule has 0 amide bonds. The highest BCUT2D eigenvalue weighted by atomic mass is 16.5. The highest BCUT2D eigenvalue weighted by Gasteiger charge is 2.15. The van der Waals surface area contributed by atoms with Gasteiger partial charge in [-0.1, -0.05) is 0 Å². The van der Waals surface area contributed by atoms with E-state index in [1.54, 1.807) is 7.05 Å². The van der Waals surface area contributed by atoms with Crippen LogP contribution in [0.4, 0.5) is 11.9 Å². The third-order valence-electron chi connectivity index (χ3n) is 3.12. The highest BCUT2D eigenvalue weighted by Crippen LogP contribution is 2.12. The molecule has 118 valence electrons. The van der Waals surface area contributed by atoms with Crippen molar-refractivity contribution in [1.29, 1.82) is 0 Å². The van der Waals surface area contributed by atoms with Gasteiger partial charge in [-0.15, -0.1) is 0 Å². The van der Waals surface area contributed by atoms with E-state index in [-0.39, 0.29) is 6.04 Å². The van der Waals surface area contributed by atoms with Gasteiger partial charge < -0.3 is 20.1 Å². The standard InChI is InChI=1S/C13H24N6O2/c1-4-21-13-17-11(14-3)16-12(18-13)15-10(2)9-19-5-7-20-8-6-19/h10H,4-9H2,1-3H3,(H2,14,15,16,17,18). The Kier molecular flexibility index (Phi) is 5.94. The first-order valence-corrected chi connectivity index (χ1v) is 7.34. The second-order valence-corrected chi connectivity index (χ2v) is 4.91. The van der Waals surface area contributed by atoms with E-state index in [2.05, 4.69) is 37.4 Å². The fourth-order valence-corrected chi connectivity index (χ4v) is 2.16. The summed E-state index contributed by atoms with van der Waals surface area (Å²) in [4.78, 5) is 15.1. The predicted molar refractivity (Wildman–Crippen MR) is 80.9 cm³/mol. The molecule has 1 aromatic rings. The van der Waals surface area contributed by atoms with Gasteiger partial charge in [0.2, 0.25) is 11.9 Å². The van der Waals surface area contributed by atoms with Crippen LogP contribution in [0, 0.1) is 0 Å². The van der Waals surface area contributed by atoms with Crippen molar-refractivity contribution in [1.82, 2.24) is 19.9 Å². The van der Waals surface area contributed by atoms with E-state index in [1.807, 2.05) is 6.92 Å². The van der Waals surface area contributed by atoms with Crippen LogP contribution in [-0.4, -0.2) is 72.4 Å². The number of hydrogen-bond acceptors (Lipinski definition) is 8. The molecule has 1 fully saturated rings. The lowest BCUT2D eigenvalue weighted by atomic mass is 10.3. The number of ether oxygens (including phenoxy) is 2. The molecule has 8 heteroatoms. The molecule has 1 saturated heterocycles. The van der Waals surface area contributed by atoms with E-state index in [0.717, 1.165) is 32.8 Å². The Hall–Kier alpha value is -1.67. The third kappa shape index (κ3) is 4.98. The van der Waals surface area contributed by atoms with E-state index < -0.39 is 0 Å². The van der Waals surface area contributed by atoms with Crippen molar-refractivity contribution in [3.05, 3.63) is 0 Å². The molecule has 0 spiro atoms. The van der Waals surface area contributed by atoms with E-state index in [9.17, 15) is 0 Å². The van der Waals surface area contributed by atoms with Crippen LogP contribution in [0.2, 0.25) is 0 Å². The molecule has 0 bridgehead atoms. The lowest BCUT2D eigenvalue weighted by molar-refractivity contribution is 0.0368. The maximum absolute atomic E-state index is 5.35. The van der Waals surface area contributed by atoms with Gasteiger partial charge in [0.1, 0.15) is 0 Å². The van der Waals surface area contributed by atoms with Crippen molar-refractivity contribution < 1.29 is 9.47 Å². The Morgan fingerprint density at radius 1 is 1.24 bits per heavy atom. The maximum atomic E-state index is 5.35. The zero-order valence-electron chi connectivity index (χ0n) is 12.9. The highest BCUT2D eigenvalue weighted by molar-refractivity contribution is 5.36. The molecule has 2 heterocycles. The van der Waals surface area contributed by atoms with Crippen molar-refractivity contribution in [3.63, 3.8) is 0 Å². The van der Waals surface area contributed by atoms with Gasteiger partial charge in [-0.25, -0.2) is 0 Å². The number of anilines is 2. The quantitative estimate of drug-likeness (QED) is 0.750. The molecule has 0 aromatic carbocycles. The van der Waals surface area contributed by atoms with E-state index in [0.29, 0.717) is 24.5 Å². The summed E-state index contributed by atoms with van der Waals surface area (Å²) in [7, 11) is 1.77. The third-order valence-corrected chi connectivity index (χ3v) is 3.12. The lowest BCUT2D eigenvalue weighted by Gasteiger charge is -2.29. The monoisotopic (exact) mass is 296 g/mol. The Labute approximate surface area is 125 Å². The van der Waals surface area contributed by atoms with Crippen LogP contribution >= 0.6 is 0 Å². The molecule has 2 rings (SSSR count). The molecule has 21 heavy (non-hydrogen) atoms. The zero-order valence-corrected chi connectivity index (χ0v) is 12.9. The Balaban J connectivity index is 1.95. The number of nitrogens with one attached hydrogen (secondary N) is 2. The topological polar surface area (TPSA) is 84.4 Å². The average Bonchev–Trinajstić information content (AvgIpc) is 2.48. The lowest BCUT2D eigenvalue weighted by Crippen LogP contribution is -2.42. The number of hydrogen-bond donors (Lipinski definition) is 2. The van der Waals surface area contributed by atoms with E-state index in [4.69, 9.17) is 9.47 Å². The molecule has 0 saturated carbocycles. The first-order chi connectivity index (χ1) is 10.2. The second kappa shape index (κ2) is 7.94. The summed E-state index contributed by atoms with van der Waals surface area (Å²) in [5.74, 6) is 1.02. The smallest absolute Gasteiger partial charge is 0.323 e. The van der Waals surface area contributed by atoms with Crippen molar-refractivity contribution in [3.8, 4) is 6.01 Å². The molecule has 2 N–H and O–H groups in total. The number of rotatable bonds is 7. The van der Waals surface area contributed by atoms with Crippen LogP contribution in [-0.2, 0) is 4.74 Å². The summed E-state index contributed by atoms with van der Waals surface area (Å²) < 4.78 is 10.7.